The molecular weight excluding hydrogens is 254 g/mol. The van der Waals surface area contributed by atoms with Gasteiger partial charge in [-0.3, -0.25) is 4.79 Å². The van der Waals surface area contributed by atoms with Gasteiger partial charge in [-0.25, -0.2) is 0 Å². The van der Waals surface area contributed by atoms with Crippen molar-refractivity contribution in [2.24, 2.45) is 0 Å². The molecule has 94 valence electrons. The molecule has 0 saturated heterocycles. The molecule has 1 heterocycles. The number of rotatable bonds is 3. The fourth-order valence-corrected chi connectivity index (χ4v) is 2.61. The normalized spacial score (nSPS) is 10.8. The monoisotopic (exact) mass is 267 g/mol. The van der Waals surface area contributed by atoms with Gasteiger partial charge in [0.15, 0.2) is 6.29 Å². The highest BCUT2D eigenvalue weighted by atomic mass is 32.2. The Hall–Kier alpha value is -2.00. The minimum atomic E-state index is 0.706. The maximum absolute atomic E-state index is 11.0. The van der Waals surface area contributed by atoms with Crippen LogP contribution in [0.15, 0.2) is 53.6 Å². The molecule has 3 heteroatoms. The number of H-pyrrole nitrogens is 1. The molecule has 0 radical (unpaired) electrons. The summed E-state index contributed by atoms with van der Waals surface area (Å²) in [5.74, 6) is 0. The molecule has 0 aliphatic carbocycles. The van der Waals surface area contributed by atoms with Crippen LogP contribution in [0.1, 0.15) is 10.4 Å². The van der Waals surface area contributed by atoms with Crippen LogP contribution in [-0.4, -0.2) is 17.5 Å². The Balaban J connectivity index is 2.10. The molecule has 0 fully saturated rings. The number of carbonyl (C=O) groups excluding carboxylic acids is 1. The topological polar surface area (TPSA) is 32.9 Å². The number of nitrogens with one attached hydrogen (secondary N) is 1. The number of hydrogen-bond donors (Lipinski definition) is 1. The standard InChI is InChI=1S/C16H13NOS/c1-19-14-5-2-11(3-6-14)12-4-7-16-15(8-12)13(10-18)9-17-16/h2-10,17H,1H3. The van der Waals surface area contributed by atoms with E-state index in [1.54, 1.807) is 18.0 Å². The lowest BCUT2D eigenvalue weighted by atomic mass is 10.0. The fourth-order valence-electron chi connectivity index (χ4n) is 2.20. The van der Waals surface area contributed by atoms with Crippen LogP contribution >= 0.6 is 11.8 Å². The van der Waals surface area contributed by atoms with Gasteiger partial charge in [-0.1, -0.05) is 18.2 Å². The van der Waals surface area contributed by atoms with E-state index >= 15 is 0 Å². The van der Waals surface area contributed by atoms with Crippen molar-refractivity contribution in [3.8, 4) is 11.1 Å². The average molecular weight is 267 g/mol. The van der Waals surface area contributed by atoms with Crippen molar-refractivity contribution in [2.45, 2.75) is 4.90 Å². The largest absolute Gasteiger partial charge is 0.360 e. The number of benzene rings is 2. The molecule has 0 aliphatic rings. The van der Waals surface area contributed by atoms with Gasteiger partial charge in [-0.2, -0.15) is 0 Å². The zero-order valence-corrected chi connectivity index (χ0v) is 11.3. The van der Waals surface area contributed by atoms with Gasteiger partial charge in [0.25, 0.3) is 0 Å². The van der Waals surface area contributed by atoms with Crippen LogP contribution in [0.4, 0.5) is 0 Å². The number of hydrogen-bond acceptors (Lipinski definition) is 2. The average Bonchev–Trinajstić information content (AvgIpc) is 2.89. The van der Waals surface area contributed by atoms with Crippen molar-refractivity contribution >= 4 is 29.0 Å². The maximum atomic E-state index is 11.0. The Morgan fingerprint density at radius 3 is 2.47 bits per heavy atom. The van der Waals surface area contributed by atoms with Crippen LogP contribution in [-0.2, 0) is 0 Å². The van der Waals surface area contributed by atoms with E-state index in [0.29, 0.717) is 5.56 Å². The summed E-state index contributed by atoms with van der Waals surface area (Å²) in [5.41, 5.74) is 3.99. The summed E-state index contributed by atoms with van der Waals surface area (Å²) in [5, 5.41) is 0.974. The molecule has 2 aromatic carbocycles. The summed E-state index contributed by atoms with van der Waals surface area (Å²) in [7, 11) is 0. The summed E-state index contributed by atoms with van der Waals surface area (Å²) < 4.78 is 0. The lowest BCUT2D eigenvalue weighted by molar-refractivity contribution is 0.112. The van der Waals surface area contributed by atoms with E-state index in [9.17, 15) is 4.79 Å². The molecular formula is C16H13NOS. The number of fused-ring (bicyclic) bond motifs is 1. The molecule has 3 aromatic rings. The summed E-state index contributed by atoms with van der Waals surface area (Å²) >= 11 is 1.73. The van der Waals surface area contributed by atoms with Gasteiger partial charge in [-0.05, 0) is 41.6 Å². The van der Waals surface area contributed by atoms with Crippen molar-refractivity contribution in [1.29, 1.82) is 0 Å². The third-order valence-corrected chi connectivity index (χ3v) is 4.01. The number of thioether (sulfide) groups is 1. The Bertz CT molecular complexity index is 728. The molecule has 0 bridgehead atoms. The highest BCUT2D eigenvalue weighted by Crippen LogP contribution is 2.27. The number of aromatic nitrogens is 1. The Labute approximate surface area is 115 Å². The van der Waals surface area contributed by atoms with Crippen LogP contribution in [0, 0.1) is 0 Å². The molecule has 0 atom stereocenters. The first kappa shape index (κ1) is 12.1. The van der Waals surface area contributed by atoms with E-state index in [2.05, 4.69) is 47.6 Å². The maximum Gasteiger partial charge on any atom is 0.152 e. The SMILES string of the molecule is CSc1ccc(-c2ccc3[nH]cc(C=O)c3c2)cc1. The molecule has 1 N–H and O–H groups in total. The van der Waals surface area contributed by atoms with Crippen LogP contribution in [0.25, 0.3) is 22.0 Å². The highest BCUT2D eigenvalue weighted by Gasteiger charge is 2.05. The number of aromatic amines is 1. The predicted molar refractivity (Wildman–Crippen MR) is 80.9 cm³/mol. The third kappa shape index (κ3) is 2.17. The van der Waals surface area contributed by atoms with Crippen LogP contribution in [0.2, 0.25) is 0 Å². The minimum absolute atomic E-state index is 0.706. The van der Waals surface area contributed by atoms with Crippen molar-refractivity contribution in [2.75, 3.05) is 6.26 Å². The Kier molecular flexibility index (Phi) is 3.13. The molecule has 0 unspecified atom stereocenters. The van der Waals surface area contributed by atoms with Crippen LogP contribution in [0.3, 0.4) is 0 Å². The lowest BCUT2D eigenvalue weighted by Gasteiger charge is -2.03. The molecule has 1 aromatic heterocycles. The first-order valence-electron chi connectivity index (χ1n) is 6.02. The van der Waals surface area contributed by atoms with Gasteiger partial charge >= 0.3 is 0 Å². The zero-order chi connectivity index (χ0) is 13.2. The fraction of sp³-hybridized carbons (Fsp3) is 0.0625. The minimum Gasteiger partial charge on any atom is -0.360 e. The number of aldehydes is 1. The van der Waals surface area contributed by atoms with Gasteiger partial charge in [0.1, 0.15) is 0 Å². The van der Waals surface area contributed by atoms with E-state index in [4.69, 9.17) is 0 Å². The summed E-state index contributed by atoms with van der Waals surface area (Å²) in [6, 6.07) is 14.6. The molecule has 0 saturated carbocycles. The van der Waals surface area contributed by atoms with E-state index in [-0.39, 0.29) is 0 Å². The van der Waals surface area contributed by atoms with E-state index in [1.165, 1.54) is 4.90 Å². The van der Waals surface area contributed by atoms with Gasteiger partial charge in [0.2, 0.25) is 0 Å². The lowest BCUT2D eigenvalue weighted by Crippen LogP contribution is -1.80. The quantitative estimate of drug-likeness (QED) is 0.564. The Morgan fingerprint density at radius 1 is 1.05 bits per heavy atom. The smallest absolute Gasteiger partial charge is 0.152 e. The third-order valence-electron chi connectivity index (χ3n) is 3.26. The molecule has 0 spiro atoms. The van der Waals surface area contributed by atoms with Crippen LogP contribution < -0.4 is 0 Å². The zero-order valence-electron chi connectivity index (χ0n) is 10.5. The van der Waals surface area contributed by atoms with Crippen molar-refractivity contribution in [3.05, 3.63) is 54.2 Å². The molecule has 19 heavy (non-hydrogen) atoms. The van der Waals surface area contributed by atoms with Gasteiger partial charge in [0, 0.05) is 27.6 Å². The summed E-state index contributed by atoms with van der Waals surface area (Å²) in [4.78, 5) is 15.3. The van der Waals surface area contributed by atoms with Crippen molar-refractivity contribution in [3.63, 3.8) is 0 Å². The van der Waals surface area contributed by atoms with E-state index in [0.717, 1.165) is 28.3 Å². The van der Waals surface area contributed by atoms with Gasteiger partial charge < -0.3 is 4.98 Å². The molecule has 0 amide bonds. The van der Waals surface area contributed by atoms with Crippen LogP contribution in [0.5, 0.6) is 0 Å². The summed E-state index contributed by atoms with van der Waals surface area (Å²) in [6.45, 7) is 0. The predicted octanol–water partition coefficient (Wildman–Crippen LogP) is 4.37. The van der Waals surface area contributed by atoms with Crippen molar-refractivity contribution < 1.29 is 4.79 Å². The van der Waals surface area contributed by atoms with Gasteiger partial charge in [0.05, 0.1) is 0 Å². The first-order valence-corrected chi connectivity index (χ1v) is 7.25. The first-order chi connectivity index (χ1) is 9.31. The summed E-state index contributed by atoms with van der Waals surface area (Å²) in [6.07, 6.45) is 4.70. The molecule has 2 nitrogen and oxygen atoms in total. The van der Waals surface area contributed by atoms with Gasteiger partial charge in [-0.15, -0.1) is 11.8 Å². The second-order valence-corrected chi connectivity index (χ2v) is 5.23. The van der Waals surface area contributed by atoms with Crippen molar-refractivity contribution in [1.82, 2.24) is 4.98 Å². The van der Waals surface area contributed by atoms with E-state index < -0.39 is 0 Å². The second kappa shape index (κ2) is 4.94. The number of carbonyl (C=O) groups is 1. The molecule has 0 aliphatic heterocycles. The highest BCUT2D eigenvalue weighted by molar-refractivity contribution is 7.98. The Morgan fingerprint density at radius 2 is 1.79 bits per heavy atom. The second-order valence-electron chi connectivity index (χ2n) is 4.35. The molecule has 3 rings (SSSR count). The van der Waals surface area contributed by atoms with E-state index in [1.807, 2.05) is 6.07 Å².